The lowest BCUT2D eigenvalue weighted by atomic mass is 10.1. The third-order valence-electron chi connectivity index (χ3n) is 4.23. The third-order valence-corrected chi connectivity index (χ3v) is 4.99. The van der Waals surface area contributed by atoms with Crippen LogP contribution in [0.3, 0.4) is 0 Å². The SMILES string of the molecule is O=C(Nc1nc(-c2ccc(F)cc2)cs1)[C@@H]1C[C@H]1c1ccccc1. The van der Waals surface area contributed by atoms with Crippen LogP contribution in [0.25, 0.3) is 11.3 Å². The minimum Gasteiger partial charge on any atom is -0.302 e. The molecule has 1 aliphatic carbocycles. The molecule has 1 saturated carbocycles. The van der Waals surface area contributed by atoms with Gasteiger partial charge in [-0.1, -0.05) is 30.3 Å². The maximum Gasteiger partial charge on any atom is 0.229 e. The number of nitrogens with zero attached hydrogens (tertiary/aromatic N) is 1. The van der Waals surface area contributed by atoms with Crippen LogP contribution in [-0.4, -0.2) is 10.9 Å². The Balaban J connectivity index is 1.41. The summed E-state index contributed by atoms with van der Waals surface area (Å²) in [5.74, 6) is 0.0698. The second-order valence-electron chi connectivity index (χ2n) is 5.89. The first-order valence-electron chi connectivity index (χ1n) is 7.78. The highest BCUT2D eigenvalue weighted by atomic mass is 32.1. The number of rotatable bonds is 4. The molecule has 1 amide bonds. The number of hydrogen-bond acceptors (Lipinski definition) is 3. The van der Waals surface area contributed by atoms with E-state index in [1.165, 1.54) is 29.0 Å². The summed E-state index contributed by atoms with van der Waals surface area (Å²) in [5.41, 5.74) is 2.79. The predicted octanol–water partition coefficient (Wildman–Crippen LogP) is 4.69. The van der Waals surface area contributed by atoms with Crippen LogP contribution in [0.1, 0.15) is 17.9 Å². The molecular weight excluding hydrogens is 323 g/mol. The second kappa shape index (κ2) is 6.17. The molecule has 0 radical (unpaired) electrons. The van der Waals surface area contributed by atoms with Gasteiger partial charge in [-0.3, -0.25) is 4.79 Å². The first-order valence-corrected chi connectivity index (χ1v) is 8.66. The molecule has 120 valence electrons. The van der Waals surface area contributed by atoms with Crippen LogP contribution in [-0.2, 0) is 4.79 Å². The van der Waals surface area contributed by atoms with Gasteiger partial charge in [-0.25, -0.2) is 9.37 Å². The number of hydrogen-bond donors (Lipinski definition) is 1. The van der Waals surface area contributed by atoms with Crippen molar-refractivity contribution >= 4 is 22.4 Å². The van der Waals surface area contributed by atoms with Gasteiger partial charge < -0.3 is 5.32 Å². The average Bonchev–Trinajstić information content (AvgIpc) is 3.29. The Morgan fingerprint density at radius 3 is 2.62 bits per heavy atom. The fourth-order valence-corrected chi connectivity index (χ4v) is 3.56. The number of carbonyl (C=O) groups is 1. The molecule has 1 aromatic heterocycles. The maximum atomic E-state index is 13.0. The summed E-state index contributed by atoms with van der Waals surface area (Å²) in [6.07, 6.45) is 0.881. The monoisotopic (exact) mass is 338 g/mol. The molecule has 1 aliphatic rings. The van der Waals surface area contributed by atoms with E-state index in [-0.39, 0.29) is 17.6 Å². The van der Waals surface area contributed by atoms with Gasteiger partial charge in [0.2, 0.25) is 5.91 Å². The summed E-state index contributed by atoms with van der Waals surface area (Å²) < 4.78 is 13.0. The minimum atomic E-state index is -0.275. The van der Waals surface area contributed by atoms with Gasteiger partial charge in [-0.05, 0) is 42.2 Å². The molecule has 3 aromatic rings. The quantitative estimate of drug-likeness (QED) is 0.750. The number of anilines is 1. The van der Waals surface area contributed by atoms with Crippen molar-refractivity contribution in [3.8, 4) is 11.3 Å². The number of halogens is 1. The van der Waals surface area contributed by atoms with Gasteiger partial charge in [-0.15, -0.1) is 11.3 Å². The average molecular weight is 338 g/mol. The van der Waals surface area contributed by atoms with E-state index in [1.54, 1.807) is 12.1 Å². The van der Waals surface area contributed by atoms with Crippen LogP contribution < -0.4 is 5.32 Å². The lowest BCUT2D eigenvalue weighted by molar-refractivity contribution is -0.117. The molecule has 1 N–H and O–H groups in total. The van der Waals surface area contributed by atoms with Crippen LogP contribution in [0.2, 0.25) is 0 Å². The van der Waals surface area contributed by atoms with E-state index in [1.807, 2.05) is 23.6 Å². The van der Waals surface area contributed by atoms with Crippen molar-refractivity contribution in [2.24, 2.45) is 5.92 Å². The van der Waals surface area contributed by atoms with Crippen LogP contribution in [0.5, 0.6) is 0 Å². The van der Waals surface area contributed by atoms with Crippen molar-refractivity contribution in [1.29, 1.82) is 0 Å². The van der Waals surface area contributed by atoms with E-state index in [2.05, 4.69) is 22.4 Å². The number of benzene rings is 2. The first-order chi connectivity index (χ1) is 11.7. The van der Waals surface area contributed by atoms with E-state index in [0.717, 1.165) is 17.7 Å². The summed E-state index contributed by atoms with van der Waals surface area (Å²) in [5, 5.41) is 5.35. The highest BCUT2D eigenvalue weighted by Crippen LogP contribution is 2.48. The Hall–Kier alpha value is -2.53. The maximum absolute atomic E-state index is 13.0. The van der Waals surface area contributed by atoms with Crippen molar-refractivity contribution in [3.63, 3.8) is 0 Å². The van der Waals surface area contributed by atoms with Gasteiger partial charge in [0.15, 0.2) is 5.13 Å². The normalized spacial score (nSPS) is 19.0. The minimum absolute atomic E-state index is 0.0175. The Morgan fingerprint density at radius 1 is 1.12 bits per heavy atom. The lowest BCUT2D eigenvalue weighted by Crippen LogP contribution is -2.14. The van der Waals surface area contributed by atoms with Crippen LogP contribution in [0.15, 0.2) is 60.0 Å². The van der Waals surface area contributed by atoms with E-state index < -0.39 is 0 Å². The summed E-state index contributed by atoms with van der Waals surface area (Å²) in [4.78, 5) is 16.8. The predicted molar refractivity (Wildman–Crippen MR) is 93.4 cm³/mol. The van der Waals surface area contributed by atoms with Crippen molar-refractivity contribution in [1.82, 2.24) is 4.98 Å². The summed E-state index contributed by atoms with van der Waals surface area (Å²) >= 11 is 1.38. The molecule has 5 heteroatoms. The Bertz CT molecular complexity index is 861. The molecule has 0 saturated heterocycles. The van der Waals surface area contributed by atoms with Gasteiger partial charge in [0.05, 0.1) is 5.69 Å². The number of thiazole rings is 1. The molecule has 0 bridgehead atoms. The zero-order valence-corrected chi connectivity index (χ0v) is 13.6. The Labute approximate surface area is 143 Å². The van der Waals surface area contributed by atoms with Crippen LogP contribution in [0.4, 0.5) is 9.52 Å². The largest absolute Gasteiger partial charge is 0.302 e. The second-order valence-corrected chi connectivity index (χ2v) is 6.75. The number of carbonyl (C=O) groups excluding carboxylic acids is 1. The summed E-state index contributed by atoms with van der Waals surface area (Å²) in [7, 11) is 0. The van der Waals surface area contributed by atoms with Crippen LogP contribution in [0, 0.1) is 11.7 Å². The molecule has 1 heterocycles. The summed E-state index contributed by atoms with van der Waals surface area (Å²) in [6.45, 7) is 0. The number of amides is 1. The molecule has 1 fully saturated rings. The zero-order chi connectivity index (χ0) is 16.5. The molecule has 0 aliphatic heterocycles. The van der Waals surface area contributed by atoms with Crippen molar-refractivity contribution < 1.29 is 9.18 Å². The molecule has 0 spiro atoms. The van der Waals surface area contributed by atoms with Gasteiger partial charge in [0.25, 0.3) is 0 Å². The highest BCUT2D eigenvalue weighted by Gasteiger charge is 2.44. The van der Waals surface area contributed by atoms with E-state index in [4.69, 9.17) is 0 Å². The van der Waals surface area contributed by atoms with Crippen molar-refractivity contribution in [2.75, 3.05) is 5.32 Å². The van der Waals surface area contributed by atoms with Crippen molar-refractivity contribution in [2.45, 2.75) is 12.3 Å². The van der Waals surface area contributed by atoms with Crippen molar-refractivity contribution in [3.05, 3.63) is 71.4 Å². The molecule has 2 aromatic carbocycles. The fourth-order valence-electron chi connectivity index (χ4n) is 2.84. The van der Waals surface area contributed by atoms with Crippen LogP contribution >= 0.6 is 11.3 Å². The smallest absolute Gasteiger partial charge is 0.229 e. The van der Waals surface area contributed by atoms with E-state index >= 15 is 0 Å². The van der Waals surface area contributed by atoms with Gasteiger partial charge >= 0.3 is 0 Å². The topological polar surface area (TPSA) is 42.0 Å². The van der Waals surface area contributed by atoms with Gasteiger partial charge in [0, 0.05) is 16.9 Å². The third kappa shape index (κ3) is 3.08. The molecule has 3 nitrogen and oxygen atoms in total. The Morgan fingerprint density at radius 2 is 1.88 bits per heavy atom. The van der Waals surface area contributed by atoms with E-state index in [0.29, 0.717) is 11.0 Å². The summed E-state index contributed by atoms with van der Waals surface area (Å²) in [6, 6.07) is 16.3. The molecule has 4 rings (SSSR count). The molecule has 24 heavy (non-hydrogen) atoms. The lowest BCUT2D eigenvalue weighted by Gasteiger charge is -2.01. The molecule has 2 atom stereocenters. The first kappa shape index (κ1) is 15.0. The molecular formula is C19H15FN2OS. The highest BCUT2D eigenvalue weighted by molar-refractivity contribution is 7.14. The van der Waals surface area contributed by atoms with E-state index in [9.17, 15) is 9.18 Å². The fraction of sp³-hybridized carbons (Fsp3) is 0.158. The number of aromatic nitrogens is 1. The standard InChI is InChI=1S/C19H15FN2OS/c20-14-8-6-13(7-9-14)17-11-24-19(21-17)22-18(23)16-10-15(16)12-4-2-1-3-5-12/h1-9,11,15-16H,10H2,(H,21,22,23)/t15-,16+/m0/s1. The molecule has 0 unspecified atom stereocenters. The Kier molecular flexibility index (Phi) is 3.86. The van der Waals surface area contributed by atoms with Gasteiger partial charge in [-0.2, -0.15) is 0 Å². The zero-order valence-electron chi connectivity index (χ0n) is 12.8. The number of nitrogens with one attached hydrogen (secondary N) is 1. The van der Waals surface area contributed by atoms with Gasteiger partial charge in [0.1, 0.15) is 5.82 Å².